The summed E-state index contributed by atoms with van der Waals surface area (Å²) in [5, 5.41) is 2.69. The molecule has 1 amide bonds. The minimum absolute atomic E-state index is 0.0324. The van der Waals surface area contributed by atoms with Crippen molar-refractivity contribution < 1.29 is 22.7 Å². The van der Waals surface area contributed by atoms with Crippen molar-refractivity contribution in [3.63, 3.8) is 0 Å². The van der Waals surface area contributed by atoms with E-state index in [0.29, 0.717) is 18.9 Å². The Morgan fingerprint density at radius 1 is 1.10 bits per heavy atom. The van der Waals surface area contributed by atoms with Gasteiger partial charge in [-0.15, -0.1) is 0 Å². The molecule has 0 radical (unpaired) electrons. The number of nitrogens with one attached hydrogen (secondary N) is 2. The van der Waals surface area contributed by atoms with Gasteiger partial charge < -0.3 is 14.8 Å². The third-order valence-corrected chi connectivity index (χ3v) is 5.72. The number of carbonyl (C=O) groups is 1. The summed E-state index contributed by atoms with van der Waals surface area (Å²) in [5.74, 6) is -0.0761. The minimum atomic E-state index is -3.70. The Morgan fingerprint density at radius 2 is 1.80 bits per heavy atom. The lowest BCUT2D eigenvalue weighted by atomic mass is 9.87. The van der Waals surface area contributed by atoms with Gasteiger partial charge in [-0.1, -0.05) is 32.9 Å². The third kappa shape index (κ3) is 7.08. The number of anilines is 1. The fourth-order valence-corrected chi connectivity index (χ4v) is 3.58. The maximum atomic E-state index is 12.4. The lowest BCUT2D eigenvalue weighted by Gasteiger charge is -2.19. The van der Waals surface area contributed by atoms with Gasteiger partial charge in [0.1, 0.15) is 12.3 Å². The summed E-state index contributed by atoms with van der Waals surface area (Å²) >= 11 is 0. The fraction of sp³-hybridized carbons (Fsp3) is 0.429. The summed E-state index contributed by atoms with van der Waals surface area (Å²) in [4.78, 5) is 16.5. The topological polar surface area (TPSA) is 107 Å². The van der Waals surface area contributed by atoms with E-state index in [0.717, 1.165) is 5.56 Å². The number of methoxy groups -OCH3 is 1. The standard InChI is InChI=1S/C21H29N3O5S/c1-21(2,3)16-7-9-17(10-8-16)30(26,27)23-13-11-19(25)24-18-6-5-12-22-20(18)29-15-14-28-4/h5-10,12,23H,11,13-15H2,1-4H3,(H,24,25). The SMILES string of the molecule is COCCOc1ncccc1NC(=O)CCNS(=O)(=O)c1ccc(C(C)(C)C)cc1. The van der Waals surface area contributed by atoms with E-state index in [1.807, 2.05) is 0 Å². The van der Waals surface area contributed by atoms with Crippen molar-refractivity contribution >= 4 is 21.6 Å². The average Bonchev–Trinajstić information content (AvgIpc) is 2.69. The fourth-order valence-electron chi connectivity index (χ4n) is 2.55. The van der Waals surface area contributed by atoms with Gasteiger partial charge in [-0.05, 0) is 35.2 Å². The molecule has 0 unspecified atom stereocenters. The number of amides is 1. The quantitative estimate of drug-likeness (QED) is 0.556. The molecule has 164 valence electrons. The number of benzene rings is 1. The number of hydrogen-bond acceptors (Lipinski definition) is 6. The molecular weight excluding hydrogens is 406 g/mol. The molecule has 1 heterocycles. The van der Waals surface area contributed by atoms with Gasteiger partial charge >= 0.3 is 0 Å². The number of sulfonamides is 1. The molecule has 0 saturated heterocycles. The summed E-state index contributed by atoms with van der Waals surface area (Å²) in [6.07, 6.45) is 1.52. The van der Waals surface area contributed by atoms with Crippen LogP contribution in [-0.2, 0) is 25.0 Å². The van der Waals surface area contributed by atoms with Crippen molar-refractivity contribution in [2.24, 2.45) is 0 Å². The predicted octanol–water partition coefficient (Wildman–Crippen LogP) is 2.71. The van der Waals surface area contributed by atoms with Gasteiger partial charge in [0.25, 0.3) is 0 Å². The van der Waals surface area contributed by atoms with Crippen molar-refractivity contribution in [1.29, 1.82) is 0 Å². The number of aromatic nitrogens is 1. The van der Waals surface area contributed by atoms with Crippen molar-refractivity contribution in [2.45, 2.75) is 37.5 Å². The first-order valence-corrected chi connectivity index (χ1v) is 11.1. The van der Waals surface area contributed by atoms with Crippen molar-refractivity contribution in [3.8, 4) is 5.88 Å². The first-order valence-electron chi connectivity index (χ1n) is 9.60. The summed E-state index contributed by atoms with van der Waals surface area (Å²) in [6.45, 7) is 6.83. The smallest absolute Gasteiger partial charge is 0.240 e. The highest BCUT2D eigenvalue weighted by molar-refractivity contribution is 7.89. The second-order valence-electron chi connectivity index (χ2n) is 7.67. The first kappa shape index (κ1) is 23.8. The highest BCUT2D eigenvalue weighted by atomic mass is 32.2. The van der Waals surface area contributed by atoms with E-state index in [2.05, 4.69) is 35.8 Å². The molecular formula is C21H29N3O5S. The molecule has 0 spiro atoms. The molecule has 0 atom stereocenters. The Hall–Kier alpha value is -2.49. The zero-order valence-electron chi connectivity index (χ0n) is 17.8. The summed E-state index contributed by atoms with van der Waals surface area (Å²) in [7, 11) is -2.14. The lowest BCUT2D eigenvalue weighted by molar-refractivity contribution is -0.116. The highest BCUT2D eigenvalue weighted by Crippen LogP contribution is 2.23. The van der Waals surface area contributed by atoms with Crippen LogP contribution in [-0.4, -0.2) is 46.2 Å². The van der Waals surface area contributed by atoms with Gasteiger partial charge in [0.15, 0.2) is 0 Å². The maximum absolute atomic E-state index is 12.4. The summed E-state index contributed by atoms with van der Waals surface area (Å²) in [6, 6.07) is 10.1. The molecule has 2 N–H and O–H groups in total. The monoisotopic (exact) mass is 435 g/mol. The Kier molecular flexibility index (Phi) is 8.33. The van der Waals surface area contributed by atoms with E-state index in [1.54, 1.807) is 49.7 Å². The lowest BCUT2D eigenvalue weighted by Crippen LogP contribution is -2.28. The van der Waals surface area contributed by atoms with E-state index in [9.17, 15) is 13.2 Å². The second-order valence-corrected chi connectivity index (χ2v) is 9.43. The van der Waals surface area contributed by atoms with E-state index in [1.165, 1.54) is 0 Å². The third-order valence-electron chi connectivity index (χ3n) is 4.25. The molecule has 8 nitrogen and oxygen atoms in total. The molecule has 1 aromatic carbocycles. The Bertz CT molecular complexity index is 938. The normalized spacial score (nSPS) is 11.9. The van der Waals surface area contributed by atoms with E-state index in [-0.39, 0.29) is 35.1 Å². The van der Waals surface area contributed by atoms with Crippen LogP contribution in [0.1, 0.15) is 32.8 Å². The Labute approximate surface area is 178 Å². The van der Waals surface area contributed by atoms with Crippen molar-refractivity contribution in [2.75, 3.05) is 32.2 Å². The number of rotatable bonds is 10. The predicted molar refractivity (Wildman–Crippen MR) is 115 cm³/mol. The van der Waals surface area contributed by atoms with E-state index >= 15 is 0 Å². The van der Waals surface area contributed by atoms with Crippen LogP contribution in [0.2, 0.25) is 0 Å². The Morgan fingerprint density at radius 3 is 2.43 bits per heavy atom. The van der Waals surface area contributed by atoms with E-state index in [4.69, 9.17) is 9.47 Å². The molecule has 0 saturated carbocycles. The van der Waals surface area contributed by atoms with Gasteiger partial charge in [0, 0.05) is 26.3 Å². The number of pyridine rings is 1. The molecule has 0 aliphatic carbocycles. The van der Waals surface area contributed by atoms with Crippen LogP contribution in [0.5, 0.6) is 5.88 Å². The molecule has 2 rings (SSSR count). The van der Waals surface area contributed by atoms with Crippen LogP contribution >= 0.6 is 0 Å². The number of ether oxygens (including phenoxy) is 2. The second kappa shape index (κ2) is 10.5. The Balaban J connectivity index is 1.90. The van der Waals surface area contributed by atoms with Crippen molar-refractivity contribution in [3.05, 3.63) is 48.2 Å². The summed E-state index contributed by atoms with van der Waals surface area (Å²) < 4.78 is 37.7. The van der Waals surface area contributed by atoms with Crippen LogP contribution in [0.3, 0.4) is 0 Å². The first-order chi connectivity index (χ1) is 14.1. The minimum Gasteiger partial charge on any atom is -0.474 e. The van der Waals surface area contributed by atoms with Crippen LogP contribution in [0, 0.1) is 0 Å². The molecule has 0 bridgehead atoms. The average molecular weight is 436 g/mol. The van der Waals surface area contributed by atoms with Gasteiger partial charge in [0.2, 0.25) is 21.8 Å². The van der Waals surface area contributed by atoms with Crippen LogP contribution in [0.25, 0.3) is 0 Å². The van der Waals surface area contributed by atoms with Crippen molar-refractivity contribution in [1.82, 2.24) is 9.71 Å². The molecule has 0 aliphatic rings. The van der Waals surface area contributed by atoms with E-state index < -0.39 is 10.0 Å². The number of nitrogens with zero attached hydrogens (tertiary/aromatic N) is 1. The molecule has 0 aliphatic heterocycles. The highest BCUT2D eigenvalue weighted by Gasteiger charge is 2.18. The van der Waals surface area contributed by atoms with Crippen LogP contribution < -0.4 is 14.8 Å². The van der Waals surface area contributed by atoms with Crippen LogP contribution in [0.4, 0.5) is 5.69 Å². The molecule has 1 aromatic heterocycles. The largest absolute Gasteiger partial charge is 0.474 e. The van der Waals surface area contributed by atoms with Gasteiger partial charge in [-0.3, -0.25) is 4.79 Å². The molecule has 0 fully saturated rings. The number of carbonyl (C=O) groups excluding carboxylic acids is 1. The van der Waals surface area contributed by atoms with Gasteiger partial charge in [-0.2, -0.15) is 0 Å². The zero-order valence-corrected chi connectivity index (χ0v) is 18.6. The molecule has 30 heavy (non-hydrogen) atoms. The number of hydrogen-bond donors (Lipinski definition) is 2. The van der Waals surface area contributed by atoms with Gasteiger partial charge in [-0.25, -0.2) is 18.1 Å². The zero-order chi connectivity index (χ0) is 22.2. The molecule has 9 heteroatoms. The van der Waals surface area contributed by atoms with Crippen LogP contribution in [0.15, 0.2) is 47.5 Å². The maximum Gasteiger partial charge on any atom is 0.240 e. The van der Waals surface area contributed by atoms with Gasteiger partial charge in [0.05, 0.1) is 11.5 Å². The summed E-state index contributed by atoms with van der Waals surface area (Å²) in [5.41, 5.74) is 1.40. The molecule has 2 aromatic rings.